The van der Waals surface area contributed by atoms with E-state index in [2.05, 4.69) is 17.2 Å². The first-order chi connectivity index (χ1) is 9.56. The number of aryl methyl sites for hydroxylation is 1. The largest absolute Gasteiger partial charge is 0.381 e. The van der Waals surface area contributed by atoms with Gasteiger partial charge in [-0.05, 0) is 28.7 Å². The Balaban J connectivity index is 1.78. The molecule has 1 amide bonds. The molecule has 0 spiro atoms. The summed E-state index contributed by atoms with van der Waals surface area (Å²) < 4.78 is 1.57. The number of aromatic nitrogens is 2. The van der Waals surface area contributed by atoms with E-state index in [1.54, 1.807) is 4.57 Å². The molecule has 2 atom stereocenters. The van der Waals surface area contributed by atoms with E-state index in [1.165, 1.54) is 31.8 Å². The van der Waals surface area contributed by atoms with Crippen LogP contribution < -0.4 is 5.32 Å². The Morgan fingerprint density at radius 2 is 2.30 bits per heavy atom. The van der Waals surface area contributed by atoms with Gasteiger partial charge in [-0.2, -0.15) is 0 Å². The molecule has 1 saturated carbocycles. The molecule has 1 aromatic heterocycles. The van der Waals surface area contributed by atoms with Gasteiger partial charge in [0.25, 0.3) is 0 Å². The van der Waals surface area contributed by atoms with E-state index in [4.69, 9.17) is 0 Å². The van der Waals surface area contributed by atoms with Crippen LogP contribution in [0.5, 0.6) is 0 Å². The summed E-state index contributed by atoms with van der Waals surface area (Å²) in [5.41, 5.74) is 0. The zero-order valence-electron chi connectivity index (χ0n) is 11.6. The molecule has 0 saturated heterocycles. The third-order valence-corrected chi connectivity index (χ3v) is 3.86. The Kier molecular flexibility index (Phi) is 4.70. The normalized spacial score (nSPS) is 22.4. The fraction of sp³-hybridized carbons (Fsp3) is 0.692. The van der Waals surface area contributed by atoms with Gasteiger partial charge in [-0.3, -0.25) is 4.79 Å². The van der Waals surface area contributed by atoms with Gasteiger partial charge in [0.15, 0.2) is 0 Å². The molecule has 20 heavy (non-hydrogen) atoms. The lowest BCUT2D eigenvalue weighted by atomic mass is 9.86. The minimum atomic E-state index is -0.541. The second kappa shape index (κ2) is 6.49. The average molecular weight is 280 g/mol. The van der Waals surface area contributed by atoms with E-state index in [0.29, 0.717) is 18.9 Å². The molecular weight excluding hydrogens is 260 g/mol. The van der Waals surface area contributed by atoms with E-state index in [1.807, 2.05) is 0 Å². The van der Waals surface area contributed by atoms with Gasteiger partial charge in [-0.15, -0.1) is 0 Å². The Labute approximate surface area is 117 Å². The molecule has 1 aromatic rings. The van der Waals surface area contributed by atoms with E-state index < -0.39 is 4.92 Å². The number of carbonyl (C=O) groups excluding carboxylic acids is 1. The predicted octanol–water partition coefficient (Wildman–Crippen LogP) is 1.88. The zero-order valence-corrected chi connectivity index (χ0v) is 11.6. The number of nitro groups is 1. The molecule has 1 aliphatic carbocycles. The van der Waals surface area contributed by atoms with Gasteiger partial charge in [-0.1, -0.05) is 19.8 Å². The van der Waals surface area contributed by atoms with Gasteiger partial charge in [0.2, 0.25) is 12.2 Å². The van der Waals surface area contributed by atoms with Crippen molar-refractivity contribution in [3.63, 3.8) is 0 Å². The van der Waals surface area contributed by atoms with Gasteiger partial charge < -0.3 is 20.0 Å². The summed E-state index contributed by atoms with van der Waals surface area (Å²) in [7, 11) is 0. The SMILES string of the molecule is C[C@@H]1CCCC[C@H]1NC(=O)CCn1cnc([N+](=O)[O-])c1. The van der Waals surface area contributed by atoms with Crippen LogP contribution in [-0.4, -0.2) is 26.4 Å². The van der Waals surface area contributed by atoms with Crippen LogP contribution in [0.4, 0.5) is 5.82 Å². The first-order valence-electron chi connectivity index (χ1n) is 7.02. The van der Waals surface area contributed by atoms with Crippen molar-refractivity contribution in [2.45, 2.75) is 51.6 Å². The van der Waals surface area contributed by atoms with Gasteiger partial charge >= 0.3 is 5.82 Å². The number of rotatable bonds is 5. The number of carbonyl (C=O) groups is 1. The van der Waals surface area contributed by atoms with Crippen molar-refractivity contribution < 1.29 is 9.72 Å². The topological polar surface area (TPSA) is 90.1 Å². The minimum absolute atomic E-state index is 0.0000954. The summed E-state index contributed by atoms with van der Waals surface area (Å²) in [5.74, 6) is 0.341. The Hall–Kier alpha value is -1.92. The smallest absolute Gasteiger partial charge is 0.358 e. The molecule has 1 aliphatic rings. The van der Waals surface area contributed by atoms with Crippen LogP contribution in [0.15, 0.2) is 12.5 Å². The Morgan fingerprint density at radius 1 is 1.55 bits per heavy atom. The lowest BCUT2D eigenvalue weighted by Crippen LogP contribution is -2.41. The third kappa shape index (κ3) is 3.79. The molecule has 0 aromatic carbocycles. The molecule has 1 N–H and O–H groups in total. The van der Waals surface area contributed by atoms with E-state index in [0.717, 1.165) is 6.42 Å². The molecule has 1 heterocycles. The monoisotopic (exact) mass is 280 g/mol. The van der Waals surface area contributed by atoms with E-state index in [9.17, 15) is 14.9 Å². The van der Waals surface area contributed by atoms with Crippen molar-refractivity contribution in [3.05, 3.63) is 22.6 Å². The fourth-order valence-corrected chi connectivity index (χ4v) is 2.61. The first kappa shape index (κ1) is 14.5. The maximum atomic E-state index is 11.9. The Bertz CT molecular complexity index is 486. The maximum absolute atomic E-state index is 11.9. The fourth-order valence-electron chi connectivity index (χ4n) is 2.61. The second-order valence-corrected chi connectivity index (χ2v) is 5.41. The molecule has 110 valence electrons. The van der Waals surface area contributed by atoms with Crippen LogP contribution in [0.25, 0.3) is 0 Å². The summed E-state index contributed by atoms with van der Waals surface area (Å²) in [6.07, 6.45) is 7.67. The highest BCUT2D eigenvalue weighted by Crippen LogP contribution is 2.23. The van der Waals surface area contributed by atoms with E-state index in [-0.39, 0.29) is 17.8 Å². The molecular formula is C13H20N4O3. The van der Waals surface area contributed by atoms with Crippen molar-refractivity contribution in [1.82, 2.24) is 14.9 Å². The lowest BCUT2D eigenvalue weighted by molar-refractivity contribution is -0.389. The number of imidazole rings is 1. The second-order valence-electron chi connectivity index (χ2n) is 5.41. The van der Waals surface area contributed by atoms with Gasteiger partial charge in [0.05, 0.1) is 0 Å². The Morgan fingerprint density at radius 3 is 2.95 bits per heavy atom. The van der Waals surface area contributed by atoms with Crippen LogP contribution >= 0.6 is 0 Å². The molecule has 0 aliphatic heterocycles. The maximum Gasteiger partial charge on any atom is 0.381 e. The van der Waals surface area contributed by atoms with Crippen LogP contribution in [0.2, 0.25) is 0 Å². The average Bonchev–Trinajstić information content (AvgIpc) is 2.88. The van der Waals surface area contributed by atoms with Crippen LogP contribution in [0, 0.1) is 16.0 Å². The number of hydrogen-bond donors (Lipinski definition) is 1. The van der Waals surface area contributed by atoms with Crippen molar-refractivity contribution in [2.24, 2.45) is 5.92 Å². The third-order valence-electron chi connectivity index (χ3n) is 3.86. The van der Waals surface area contributed by atoms with Gasteiger partial charge in [-0.25, -0.2) is 0 Å². The molecule has 0 bridgehead atoms. The van der Waals surface area contributed by atoms with E-state index >= 15 is 0 Å². The van der Waals surface area contributed by atoms with Crippen molar-refractivity contribution in [2.75, 3.05) is 0 Å². The summed E-state index contributed by atoms with van der Waals surface area (Å²) in [4.78, 5) is 25.5. The molecule has 7 nitrogen and oxygen atoms in total. The number of hydrogen-bond acceptors (Lipinski definition) is 4. The lowest BCUT2D eigenvalue weighted by Gasteiger charge is -2.29. The number of nitrogens with one attached hydrogen (secondary N) is 1. The molecule has 7 heteroatoms. The zero-order chi connectivity index (χ0) is 14.5. The molecule has 1 fully saturated rings. The molecule has 0 radical (unpaired) electrons. The highest BCUT2D eigenvalue weighted by Gasteiger charge is 2.22. The van der Waals surface area contributed by atoms with Crippen molar-refractivity contribution in [3.8, 4) is 0 Å². The minimum Gasteiger partial charge on any atom is -0.358 e. The standard InChI is InChI=1S/C13H20N4O3/c1-10-4-2-3-5-11(10)15-13(18)6-7-16-8-12(14-9-16)17(19)20/h8-11H,2-7H2,1H3,(H,15,18)/t10-,11-/m1/s1. The van der Waals surface area contributed by atoms with Gasteiger partial charge in [0.1, 0.15) is 6.20 Å². The quantitative estimate of drug-likeness (QED) is 0.658. The van der Waals surface area contributed by atoms with Crippen LogP contribution in [0.3, 0.4) is 0 Å². The summed E-state index contributed by atoms with van der Waals surface area (Å²) in [5, 5.41) is 13.6. The predicted molar refractivity (Wildman–Crippen MR) is 73.1 cm³/mol. The number of nitrogens with zero attached hydrogens (tertiary/aromatic N) is 3. The van der Waals surface area contributed by atoms with Crippen LogP contribution in [-0.2, 0) is 11.3 Å². The number of amides is 1. The van der Waals surface area contributed by atoms with Crippen LogP contribution in [0.1, 0.15) is 39.0 Å². The van der Waals surface area contributed by atoms with Gasteiger partial charge in [0, 0.05) is 19.0 Å². The first-order valence-corrected chi connectivity index (χ1v) is 7.02. The van der Waals surface area contributed by atoms with Crippen molar-refractivity contribution >= 4 is 11.7 Å². The summed E-state index contributed by atoms with van der Waals surface area (Å²) in [6, 6.07) is 0.272. The summed E-state index contributed by atoms with van der Waals surface area (Å²) in [6.45, 7) is 2.58. The molecule has 2 rings (SSSR count). The highest BCUT2D eigenvalue weighted by atomic mass is 16.6. The van der Waals surface area contributed by atoms with Crippen molar-refractivity contribution in [1.29, 1.82) is 0 Å². The summed E-state index contributed by atoms with van der Waals surface area (Å²) >= 11 is 0. The molecule has 0 unspecified atom stereocenters. The highest BCUT2D eigenvalue weighted by molar-refractivity contribution is 5.76.